The smallest absolute Gasteiger partial charge is 0.128 e. The van der Waals surface area contributed by atoms with Crippen molar-refractivity contribution in [1.29, 1.82) is 0 Å². The van der Waals surface area contributed by atoms with Crippen molar-refractivity contribution in [3.63, 3.8) is 0 Å². The molecule has 0 spiro atoms. The number of ether oxygens (including phenoxy) is 2. The second kappa shape index (κ2) is 5.63. The minimum Gasteiger partial charge on any atom is -0.376 e. The quantitative estimate of drug-likeness (QED) is 0.843. The fourth-order valence-corrected chi connectivity index (χ4v) is 1.73. The Balaban J connectivity index is 1.73. The van der Waals surface area contributed by atoms with Gasteiger partial charge in [-0.05, 0) is 0 Å². The van der Waals surface area contributed by atoms with Crippen molar-refractivity contribution in [2.75, 3.05) is 26.4 Å². The van der Waals surface area contributed by atoms with Gasteiger partial charge in [0.1, 0.15) is 11.0 Å². The van der Waals surface area contributed by atoms with Gasteiger partial charge in [-0.3, -0.25) is 0 Å². The maximum atomic E-state index is 5.88. The second-order valence-corrected chi connectivity index (χ2v) is 4.14. The van der Waals surface area contributed by atoms with Crippen molar-refractivity contribution in [2.24, 2.45) is 7.05 Å². The third kappa shape index (κ3) is 2.95. The molecule has 5 nitrogen and oxygen atoms in total. The molecule has 0 radical (unpaired) electrons. The molecule has 2 rings (SSSR count). The Morgan fingerprint density at radius 3 is 3.12 bits per heavy atom. The molecule has 2 heterocycles. The third-order valence-corrected chi connectivity index (χ3v) is 2.92. The van der Waals surface area contributed by atoms with E-state index in [1.165, 1.54) is 0 Å². The summed E-state index contributed by atoms with van der Waals surface area (Å²) in [7, 11) is 1.90. The van der Waals surface area contributed by atoms with E-state index in [4.69, 9.17) is 21.1 Å². The minimum absolute atomic E-state index is 0.143. The average Bonchev–Trinajstić information content (AvgIpc) is 2.62. The highest BCUT2D eigenvalue weighted by atomic mass is 35.5. The van der Waals surface area contributed by atoms with Crippen LogP contribution in [0.1, 0.15) is 5.82 Å². The Labute approximate surface area is 99.7 Å². The fourth-order valence-electron chi connectivity index (χ4n) is 1.59. The van der Waals surface area contributed by atoms with E-state index in [1.54, 1.807) is 6.20 Å². The van der Waals surface area contributed by atoms with Crippen molar-refractivity contribution >= 4 is 11.6 Å². The molecule has 1 unspecified atom stereocenters. The zero-order valence-electron chi connectivity index (χ0n) is 9.28. The molecule has 0 bridgehead atoms. The summed E-state index contributed by atoms with van der Waals surface area (Å²) in [4.78, 5) is 4.19. The van der Waals surface area contributed by atoms with Crippen molar-refractivity contribution in [3.8, 4) is 0 Å². The summed E-state index contributed by atoms with van der Waals surface area (Å²) in [5.74, 6) is 0.918. The second-order valence-electron chi connectivity index (χ2n) is 3.75. The van der Waals surface area contributed by atoms with Gasteiger partial charge in [-0.1, -0.05) is 11.6 Å². The Hall–Kier alpha value is -0.620. The van der Waals surface area contributed by atoms with Gasteiger partial charge in [0, 0.05) is 13.6 Å². The van der Waals surface area contributed by atoms with Gasteiger partial charge in [0.05, 0.1) is 38.7 Å². The Morgan fingerprint density at radius 1 is 1.62 bits per heavy atom. The lowest BCUT2D eigenvalue weighted by Crippen LogP contribution is -2.37. The molecule has 16 heavy (non-hydrogen) atoms. The first-order valence-corrected chi connectivity index (χ1v) is 5.71. The molecule has 1 N–H and O–H groups in total. The normalized spacial score (nSPS) is 21.2. The van der Waals surface area contributed by atoms with E-state index in [2.05, 4.69) is 10.3 Å². The van der Waals surface area contributed by atoms with Gasteiger partial charge in [-0.2, -0.15) is 0 Å². The monoisotopic (exact) mass is 245 g/mol. The molecule has 1 aliphatic rings. The standard InChI is InChI=1S/C10H16ClN3O2/c1-14-9(11)5-13-10(14)6-12-4-8-7-15-2-3-16-8/h5,8,12H,2-4,6-7H2,1H3. The summed E-state index contributed by atoms with van der Waals surface area (Å²) < 4.78 is 12.7. The zero-order chi connectivity index (χ0) is 11.4. The summed E-state index contributed by atoms with van der Waals surface area (Å²) in [6.45, 7) is 3.49. The topological polar surface area (TPSA) is 48.3 Å². The highest BCUT2D eigenvalue weighted by molar-refractivity contribution is 6.29. The number of aromatic nitrogens is 2. The largest absolute Gasteiger partial charge is 0.376 e. The number of nitrogens with one attached hydrogen (secondary N) is 1. The summed E-state index contributed by atoms with van der Waals surface area (Å²) in [5.41, 5.74) is 0. The number of rotatable bonds is 4. The summed E-state index contributed by atoms with van der Waals surface area (Å²) in [6.07, 6.45) is 1.79. The molecule has 1 fully saturated rings. The van der Waals surface area contributed by atoms with E-state index in [0.29, 0.717) is 31.5 Å². The maximum Gasteiger partial charge on any atom is 0.128 e. The van der Waals surface area contributed by atoms with E-state index in [9.17, 15) is 0 Å². The Morgan fingerprint density at radius 2 is 2.50 bits per heavy atom. The zero-order valence-corrected chi connectivity index (χ0v) is 10.0. The predicted molar refractivity (Wildman–Crippen MR) is 60.5 cm³/mol. The molecule has 0 aliphatic carbocycles. The lowest BCUT2D eigenvalue weighted by molar-refractivity contribution is -0.0865. The van der Waals surface area contributed by atoms with Gasteiger partial charge in [0.2, 0.25) is 0 Å². The summed E-state index contributed by atoms with van der Waals surface area (Å²) in [5, 5.41) is 3.93. The first-order chi connectivity index (χ1) is 7.77. The van der Waals surface area contributed by atoms with Crippen molar-refractivity contribution in [3.05, 3.63) is 17.2 Å². The van der Waals surface area contributed by atoms with Crippen LogP contribution in [0.3, 0.4) is 0 Å². The van der Waals surface area contributed by atoms with Crippen molar-refractivity contribution in [2.45, 2.75) is 12.6 Å². The predicted octanol–water partition coefficient (Wildman–Crippen LogP) is 0.578. The van der Waals surface area contributed by atoms with E-state index < -0.39 is 0 Å². The van der Waals surface area contributed by atoms with Crippen LogP contribution < -0.4 is 5.32 Å². The van der Waals surface area contributed by atoms with Gasteiger partial charge in [-0.15, -0.1) is 0 Å². The molecular formula is C10H16ClN3O2. The molecule has 1 aromatic rings. The number of hydrogen-bond donors (Lipinski definition) is 1. The molecular weight excluding hydrogens is 230 g/mol. The van der Waals surface area contributed by atoms with E-state index in [-0.39, 0.29) is 6.10 Å². The molecule has 0 aromatic carbocycles. The van der Waals surface area contributed by atoms with Crippen LogP contribution in [0.25, 0.3) is 0 Å². The molecule has 0 saturated carbocycles. The van der Waals surface area contributed by atoms with E-state index in [0.717, 1.165) is 12.4 Å². The van der Waals surface area contributed by atoms with Gasteiger partial charge in [0.15, 0.2) is 0 Å². The first-order valence-electron chi connectivity index (χ1n) is 5.33. The molecule has 1 saturated heterocycles. The highest BCUT2D eigenvalue weighted by Crippen LogP contribution is 2.08. The van der Waals surface area contributed by atoms with E-state index in [1.807, 2.05) is 11.6 Å². The SMILES string of the molecule is Cn1c(Cl)cnc1CNCC1COCCO1. The van der Waals surface area contributed by atoms with Crippen LogP contribution in [0.2, 0.25) is 5.15 Å². The van der Waals surface area contributed by atoms with Crippen LogP contribution in [0, 0.1) is 0 Å². The van der Waals surface area contributed by atoms with Crippen LogP contribution >= 0.6 is 11.6 Å². The molecule has 0 amide bonds. The molecule has 1 aliphatic heterocycles. The van der Waals surface area contributed by atoms with Crippen molar-refractivity contribution in [1.82, 2.24) is 14.9 Å². The Kier molecular flexibility index (Phi) is 4.17. The Bertz CT molecular complexity index is 337. The van der Waals surface area contributed by atoms with Crippen LogP contribution in [0.4, 0.5) is 0 Å². The number of hydrogen-bond acceptors (Lipinski definition) is 4. The van der Waals surface area contributed by atoms with E-state index >= 15 is 0 Å². The first kappa shape index (κ1) is 11.9. The maximum absolute atomic E-state index is 5.88. The summed E-state index contributed by atoms with van der Waals surface area (Å²) in [6, 6.07) is 0. The van der Waals surface area contributed by atoms with Crippen LogP contribution in [-0.4, -0.2) is 42.0 Å². The number of halogens is 1. The molecule has 6 heteroatoms. The number of nitrogens with zero attached hydrogens (tertiary/aromatic N) is 2. The fraction of sp³-hybridized carbons (Fsp3) is 0.700. The molecule has 1 aromatic heterocycles. The molecule has 1 atom stereocenters. The lowest BCUT2D eigenvalue weighted by Gasteiger charge is -2.23. The van der Waals surface area contributed by atoms with Crippen LogP contribution in [0.15, 0.2) is 6.20 Å². The van der Waals surface area contributed by atoms with Gasteiger partial charge >= 0.3 is 0 Å². The summed E-state index contributed by atoms with van der Waals surface area (Å²) >= 11 is 5.88. The molecule has 90 valence electrons. The van der Waals surface area contributed by atoms with Gasteiger partial charge in [-0.25, -0.2) is 4.98 Å². The minimum atomic E-state index is 0.143. The average molecular weight is 246 g/mol. The van der Waals surface area contributed by atoms with Crippen LogP contribution in [0.5, 0.6) is 0 Å². The van der Waals surface area contributed by atoms with Crippen LogP contribution in [-0.2, 0) is 23.1 Å². The van der Waals surface area contributed by atoms with Crippen molar-refractivity contribution < 1.29 is 9.47 Å². The third-order valence-electron chi connectivity index (χ3n) is 2.57. The van der Waals surface area contributed by atoms with Gasteiger partial charge in [0.25, 0.3) is 0 Å². The highest BCUT2D eigenvalue weighted by Gasteiger charge is 2.13. The van der Waals surface area contributed by atoms with Gasteiger partial charge < -0.3 is 19.4 Å². The lowest BCUT2D eigenvalue weighted by atomic mass is 10.3. The number of imidazole rings is 1.